The van der Waals surface area contributed by atoms with E-state index in [0.29, 0.717) is 13.0 Å². The minimum absolute atomic E-state index is 0.0791. The minimum atomic E-state index is -0.107. The number of nitrogens with two attached hydrogens (primary N) is 1. The van der Waals surface area contributed by atoms with Crippen molar-refractivity contribution in [3.8, 4) is 0 Å². The van der Waals surface area contributed by atoms with Crippen LogP contribution in [0.5, 0.6) is 0 Å². The van der Waals surface area contributed by atoms with Gasteiger partial charge in [0.05, 0.1) is 6.04 Å². The predicted molar refractivity (Wildman–Crippen MR) is 83.4 cm³/mol. The molecule has 3 N–H and O–H groups in total. The molecule has 0 aliphatic heterocycles. The van der Waals surface area contributed by atoms with E-state index in [1.807, 2.05) is 18.2 Å². The average molecular weight is 270 g/mol. The van der Waals surface area contributed by atoms with Crippen LogP contribution < -0.4 is 11.1 Å². The molecule has 0 radical (unpaired) electrons. The van der Waals surface area contributed by atoms with Crippen molar-refractivity contribution >= 4 is 16.7 Å². The molecule has 0 fully saturated rings. The molecule has 1 unspecified atom stereocenters. The van der Waals surface area contributed by atoms with Gasteiger partial charge in [-0.25, -0.2) is 0 Å². The van der Waals surface area contributed by atoms with Crippen LogP contribution in [0.25, 0.3) is 10.8 Å². The van der Waals surface area contributed by atoms with Crippen molar-refractivity contribution in [3.63, 3.8) is 0 Å². The number of fused-ring (bicyclic) bond motifs is 1. The van der Waals surface area contributed by atoms with Crippen molar-refractivity contribution in [3.05, 3.63) is 48.0 Å². The van der Waals surface area contributed by atoms with Gasteiger partial charge in [0.2, 0.25) is 5.91 Å². The fraction of sp³-hybridized carbons (Fsp3) is 0.353. The van der Waals surface area contributed by atoms with Crippen molar-refractivity contribution in [1.29, 1.82) is 0 Å². The van der Waals surface area contributed by atoms with Crippen LogP contribution in [-0.2, 0) is 4.79 Å². The summed E-state index contributed by atoms with van der Waals surface area (Å²) >= 11 is 0. The number of unbranched alkanes of at least 4 members (excludes halogenated alkanes) is 1. The Morgan fingerprint density at radius 3 is 2.65 bits per heavy atom. The Labute approximate surface area is 120 Å². The van der Waals surface area contributed by atoms with Gasteiger partial charge in [0.25, 0.3) is 0 Å². The van der Waals surface area contributed by atoms with Crippen molar-refractivity contribution in [2.45, 2.75) is 32.2 Å². The molecule has 0 saturated heterocycles. The highest BCUT2D eigenvalue weighted by Crippen LogP contribution is 2.20. The lowest BCUT2D eigenvalue weighted by Crippen LogP contribution is -2.33. The van der Waals surface area contributed by atoms with Crippen molar-refractivity contribution in [2.75, 3.05) is 6.54 Å². The van der Waals surface area contributed by atoms with Crippen molar-refractivity contribution < 1.29 is 4.79 Å². The van der Waals surface area contributed by atoms with Gasteiger partial charge >= 0.3 is 0 Å². The quantitative estimate of drug-likeness (QED) is 0.847. The SMILES string of the molecule is CCCCC(=O)NC(CN)c1ccc2ccccc2c1. The van der Waals surface area contributed by atoms with Gasteiger partial charge in [-0.2, -0.15) is 0 Å². The van der Waals surface area contributed by atoms with Gasteiger partial charge in [-0.1, -0.05) is 49.7 Å². The van der Waals surface area contributed by atoms with Gasteiger partial charge in [0.1, 0.15) is 0 Å². The molecule has 0 saturated carbocycles. The Kier molecular flexibility index (Phi) is 5.13. The standard InChI is InChI=1S/C17H22N2O/c1-2-3-8-17(20)19-16(12-18)15-10-9-13-6-4-5-7-14(13)11-15/h4-7,9-11,16H,2-3,8,12,18H2,1H3,(H,19,20). The Bertz CT molecular complexity index is 580. The summed E-state index contributed by atoms with van der Waals surface area (Å²) in [5, 5.41) is 5.39. The summed E-state index contributed by atoms with van der Waals surface area (Å²) in [6, 6.07) is 14.3. The second-order valence-electron chi connectivity index (χ2n) is 5.07. The number of carbonyl (C=O) groups excluding carboxylic acids is 1. The average Bonchev–Trinajstić information content (AvgIpc) is 2.50. The zero-order valence-electron chi connectivity index (χ0n) is 11.9. The molecule has 0 aliphatic carbocycles. The molecule has 106 valence electrons. The third-order valence-corrected chi connectivity index (χ3v) is 3.50. The largest absolute Gasteiger partial charge is 0.348 e. The summed E-state index contributed by atoms with van der Waals surface area (Å²) in [7, 11) is 0. The molecule has 20 heavy (non-hydrogen) atoms. The lowest BCUT2D eigenvalue weighted by atomic mass is 10.0. The van der Waals surface area contributed by atoms with Crippen LogP contribution in [0.4, 0.5) is 0 Å². The summed E-state index contributed by atoms with van der Waals surface area (Å²) < 4.78 is 0. The fourth-order valence-corrected chi connectivity index (χ4v) is 2.31. The number of hydrogen-bond donors (Lipinski definition) is 2. The molecule has 0 spiro atoms. The van der Waals surface area contributed by atoms with Crippen LogP contribution in [0.2, 0.25) is 0 Å². The van der Waals surface area contributed by atoms with E-state index >= 15 is 0 Å². The Morgan fingerprint density at radius 2 is 1.95 bits per heavy atom. The molecule has 0 aromatic heterocycles. The molecule has 3 heteroatoms. The maximum absolute atomic E-state index is 11.8. The van der Waals surface area contributed by atoms with E-state index in [-0.39, 0.29) is 11.9 Å². The molecule has 2 rings (SSSR count). The van der Waals surface area contributed by atoms with Crippen molar-refractivity contribution in [2.24, 2.45) is 5.73 Å². The molecule has 3 nitrogen and oxygen atoms in total. The topological polar surface area (TPSA) is 55.1 Å². The number of hydrogen-bond acceptors (Lipinski definition) is 2. The summed E-state index contributed by atoms with van der Waals surface area (Å²) in [6.45, 7) is 2.49. The molecular weight excluding hydrogens is 248 g/mol. The highest BCUT2D eigenvalue weighted by atomic mass is 16.1. The van der Waals surface area contributed by atoms with Gasteiger partial charge in [-0.15, -0.1) is 0 Å². The normalized spacial score (nSPS) is 12.3. The molecule has 2 aromatic carbocycles. The predicted octanol–water partition coefficient (Wildman–Crippen LogP) is 3.15. The Balaban J connectivity index is 2.14. The van der Waals surface area contributed by atoms with Crippen molar-refractivity contribution in [1.82, 2.24) is 5.32 Å². The minimum Gasteiger partial charge on any atom is -0.348 e. The monoisotopic (exact) mass is 270 g/mol. The zero-order valence-corrected chi connectivity index (χ0v) is 11.9. The molecule has 0 aliphatic rings. The van der Waals surface area contributed by atoms with Crippen LogP contribution in [0.15, 0.2) is 42.5 Å². The van der Waals surface area contributed by atoms with E-state index in [1.54, 1.807) is 0 Å². The molecule has 0 heterocycles. The first-order valence-electron chi connectivity index (χ1n) is 7.22. The summed E-state index contributed by atoms with van der Waals surface area (Å²) in [5.74, 6) is 0.0791. The lowest BCUT2D eigenvalue weighted by molar-refractivity contribution is -0.121. The number of rotatable bonds is 6. The van der Waals surface area contributed by atoms with E-state index in [4.69, 9.17) is 5.73 Å². The number of carbonyl (C=O) groups is 1. The van der Waals surface area contributed by atoms with Gasteiger partial charge < -0.3 is 11.1 Å². The third kappa shape index (κ3) is 3.58. The molecule has 1 atom stereocenters. The molecule has 2 aromatic rings. The number of amides is 1. The zero-order chi connectivity index (χ0) is 14.4. The van der Waals surface area contributed by atoms with Crippen LogP contribution in [0, 0.1) is 0 Å². The van der Waals surface area contributed by atoms with E-state index in [2.05, 4.69) is 36.5 Å². The van der Waals surface area contributed by atoms with E-state index in [0.717, 1.165) is 18.4 Å². The van der Waals surface area contributed by atoms with Crippen LogP contribution in [-0.4, -0.2) is 12.5 Å². The smallest absolute Gasteiger partial charge is 0.220 e. The van der Waals surface area contributed by atoms with E-state index in [1.165, 1.54) is 10.8 Å². The second-order valence-corrected chi connectivity index (χ2v) is 5.07. The van der Waals surface area contributed by atoms with Gasteiger partial charge in [-0.05, 0) is 28.8 Å². The summed E-state index contributed by atoms with van der Waals surface area (Å²) in [5.41, 5.74) is 6.88. The fourth-order valence-electron chi connectivity index (χ4n) is 2.31. The first-order chi connectivity index (χ1) is 9.74. The highest BCUT2D eigenvalue weighted by molar-refractivity contribution is 5.83. The Morgan fingerprint density at radius 1 is 1.20 bits per heavy atom. The molecule has 0 bridgehead atoms. The highest BCUT2D eigenvalue weighted by Gasteiger charge is 2.12. The van der Waals surface area contributed by atoms with E-state index in [9.17, 15) is 4.79 Å². The molecule has 1 amide bonds. The third-order valence-electron chi connectivity index (χ3n) is 3.50. The summed E-state index contributed by atoms with van der Waals surface area (Å²) in [4.78, 5) is 11.8. The Hall–Kier alpha value is -1.87. The maximum Gasteiger partial charge on any atom is 0.220 e. The lowest BCUT2D eigenvalue weighted by Gasteiger charge is -2.18. The van der Waals surface area contributed by atoms with Crippen LogP contribution >= 0.6 is 0 Å². The first kappa shape index (κ1) is 14.5. The second kappa shape index (κ2) is 7.06. The van der Waals surface area contributed by atoms with Gasteiger partial charge in [0.15, 0.2) is 0 Å². The van der Waals surface area contributed by atoms with E-state index < -0.39 is 0 Å². The summed E-state index contributed by atoms with van der Waals surface area (Å²) in [6.07, 6.45) is 2.51. The first-order valence-corrected chi connectivity index (χ1v) is 7.22. The van der Waals surface area contributed by atoms with Gasteiger partial charge in [-0.3, -0.25) is 4.79 Å². The van der Waals surface area contributed by atoms with Gasteiger partial charge in [0, 0.05) is 13.0 Å². The number of benzene rings is 2. The van der Waals surface area contributed by atoms with Crippen LogP contribution in [0.3, 0.4) is 0 Å². The maximum atomic E-state index is 11.8. The number of nitrogens with one attached hydrogen (secondary N) is 1. The molecular formula is C17H22N2O. The van der Waals surface area contributed by atoms with Crippen LogP contribution in [0.1, 0.15) is 37.8 Å².